The first-order chi connectivity index (χ1) is 22.8. The number of fused-ring (bicyclic) bond motifs is 9. The molecule has 0 fully saturated rings. The highest BCUT2D eigenvalue weighted by Gasteiger charge is 2.40. The summed E-state index contributed by atoms with van der Waals surface area (Å²) in [6.07, 6.45) is 0. The molecule has 0 bridgehead atoms. The van der Waals surface area contributed by atoms with E-state index in [-0.39, 0.29) is 13.4 Å². The highest BCUT2D eigenvalue weighted by atomic mass is 16.5. The van der Waals surface area contributed by atoms with Crippen molar-refractivity contribution in [3.05, 3.63) is 158 Å². The number of hydrogen-bond acceptors (Lipinski definition) is 2. The number of hydrogen-bond donors (Lipinski definition) is 0. The minimum Gasteiger partial charge on any atom is -0.458 e. The quantitative estimate of drug-likeness (QED) is 0.224. The molecule has 0 saturated heterocycles. The maximum absolute atomic E-state index is 6.68. The molecule has 7 aromatic rings. The second kappa shape index (κ2) is 9.89. The molecule has 3 heterocycles. The van der Waals surface area contributed by atoms with Crippen LogP contribution in [-0.2, 0) is 0 Å². The predicted molar refractivity (Wildman–Crippen MR) is 192 cm³/mol. The average Bonchev–Trinajstić information content (AvgIpc) is 3.24. The van der Waals surface area contributed by atoms with Gasteiger partial charge in [-0.25, -0.2) is 0 Å². The molecule has 0 saturated carbocycles. The first kappa shape index (κ1) is 25.6. The maximum Gasteiger partial charge on any atom is 0.260 e. The van der Waals surface area contributed by atoms with E-state index >= 15 is 0 Å². The third kappa shape index (κ3) is 3.68. The molecule has 7 aromatic carbocycles. The topological polar surface area (TPSA) is 18.5 Å². The van der Waals surface area contributed by atoms with Gasteiger partial charge < -0.3 is 9.47 Å². The van der Waals surface area contributed by atoms with Crippen molar-refractivity contribution < 1.29 is 9.47 Å². The van der Waals surface area contributed by atoms with Crippen molar-refractivity contribution in [2.24, 2.45) is 0 Å². The molecule has 0 aliphatic carbocycles. The SMILES string of the molecule is c1ccc2c(c1)Oc1cc(-c3ccccc3B3c4ccccc4-c4ccccc4-c4ccccc43)cc3c1B2c1ccccc1O3. The van der Waals surface area contributed by atoms with Crippen LogP contribution in [0.25, 0.3) is 33.4 Å². The molecule has 0 unspecified atom stereocenters. The Morgan fingerprint density at radius 1 is 0.304 bits per heavy atom. The molecular weight excluding hydrogens is 558 g/mol. The predicted octanol–water partition coefficient (Wildman–Crippen LogP) is 6.24. The van der Waals surface area contributed by atoms with Crippen LogP contribution in [0, 0.1) is 0 Å². The first-order valence-corrected chi connectivity index (χ1v) is 15.9. The van der Waals surface area contributed by atoms with Gasteiger partial charge in [0.1, 0.15) is 23.0 Å². The molecule has 0 radical (unpaired) electrons. The minimum absolute atomic E-state index is 0.0272. The monoisotopic (exact) mass is 584 g/mol. The number of para-hydroxylation sites is 2. The van der Waals surface area contributed by atoms with E-state index in [1.165, 1.54) is 55.1 Å². The Balaban J connectivity index is 1.21. The summed E-state index contributed by atoms with van der Waals surface area (Å²) in [4.78, 5) is 0. The molecule has 3 aliphatic rings. The summed E-state index contributed by atoms with van der Waals surface area (Å²) in [5.41, 5.74) is 14.7. The van der Waals surface area contributed by atoms with E-state index in [9.17, 15) is 0 Å². The molecule has 212 valence electrons. The Kier molecular flexibility index (Phi) is 5.50. The number of benzene rings is 7. The van der Waals surface area contributed by atoms with Crippen molar-refractivity contribution in [2.75, 3.05) is 0 Å². The van der Waals surface area contributed by atoms with Crippen molar-refractivity contribution in [1.29, 1.82) is 0 Å². The Morgan fingerprint density at radius 2 is 0.674 bits per heavy atom. The summed E-state index contributed by atoms with van der Waals surface area (Å²) in [6, 6.07) is 56.7. The summed E-state index contributed by atoms with van der Waals surface area (Å²) >= 11 is 0. The minimum atomic E-state index is 0.0272. The third-order valence-corrected chi connectivity index (χ3v) is 9.93. The lowest BCUT2D eigenvalue weighted by molar-refractivity contribution is 0.465. The lowest BCUT2D eigenvalue weighted by atomic mass is 9.34. The van der Waals surface area contributed by atoms with E-state index in [1.54, 1.807) is 0 Å². The molecule has 3 aliphatic heterocycles. The fourth-order valence-electron chi connectivity index (χ4n) is 8.00. The van der Waals surface area contributed by atoms with Gasteiger partial charge in [0.2, 0.25) is 6.71 Å². The molecule has 0 N–H and O–H groups in total. The van der Waals surface area contributed by atoms with Gasteiger partial charge >= 0.3 is 0 Å². The summed E-state index contributed by atoms with van der Waals surface area (Å²) < 4.78 is 13.4. The third-order valence-electron chi connectivity index (χ3n) is 9.93. The smallest absolute Gasteiger partial charge is 0.260 e. The van der Waals surface area contributed by atoms with Gasteiger partial charge in [0.05, 0.1) is 0 Å². The molecule has 0 aromatic heterocycles. The van der Waals surface area contributed by atoms with Crippen LogP contribution in [0.5, 0.6) is 23.0 Å². The zero-order valence-corrected chi connectivity index (χ0v) is 25.0. The van der Waals surface area contributed by atoms with Crippen LogP contribution in [-0.4, -0.2) is 13.4 Å². The van der Waals surface area contributed by atoms with E-state index in [0.717, 1.165) is 34.0 Å². The second-order valence-electron chi connectivity index (χ2n) is 12.3. The summed E-state index contributed by atoms with van der Waals surface area (Å²) in [5.74, 6) is 3.51. The van der Waals surface area contributed by atoms with Crippen molar-refractivity contribution in [3.63, 3.8) is 0 Å². The highest BCUT2D eigenvalue weighted by Crippen LogP contribution is 2.39. The van der Waals surface area contributed by atoms with Gasteiger partial charge in [-0.05, 0) is 68.6 Å². The molecule has 0 amide bonds. The zero-order valence-electron chi connectivity index (χ0n) is 25.0. The molecule has 2 nitrogen and oxygen atoms in total. The second-order valence-corrected chi connectivity index (χ2v) is 12.3. The molecule has 46 heavy (non-hydrogen) atoms. The van der Waals surface area contributed by atoms with Crippen LogP contribution >= 0.6 is 0 Å². The Bertz CT molecular complexity index is 2220. The van der Waals surface area contributed by atoms with Crippen molar-refractivity contribution in [2.45, 2.75) is 0 Å². The van der Waals surface area contributed by atoms with Gasteiger partial charge in [-0.1, -0.05) is 150 Å². The van der Waals surface area contributed by atoms with Crippen molar-refractivity contribution >= 4 is 46.2 Å². The maximum atomic E-state index is 6.68. The fourth-order valence-corrected chi connectivity index (χ4v) is 8.00. The van der Waals surface area contributed by atoms with Crippen molar-refractivity contribution in [3.8, 4) is 56.4 Å². The Hall–Kier alpha value is -5.73. The molecule has 0 atom stereocenters. The van der Waals surface area contributed by atoms with Crippen molar-refractivity contribution in [1.82, 2.24) is 0 Å². The molecular formula is C42H26B2O2. The van der Waals surface area contributed by atoms with Crippen LogP contribution in [0.3, 0.4) is 0 Å². The van der Waals surface area contributed by atoms with E-state index in [1.807, 2.05) is 12.1 Å². The zero-order chi connectivity index (χ0) is 30.2. The number of ether oxygens (including phenoxy) is 2. The van der Waals surface area contributed by atoms with Gasteiger partial charge in [-0.2, -0.15) is 0 Å². The van der Waals surface area contributed by atoms with Crippen LogP contribution in [0.4, 0.5) is 0 Å². The fraction of sp³-hybridized carbons (Fsp3) is 0. The van der Waals surface area contributed by atoms with Gasteiger partial charge in [0.25, 0.3) is 6.71 Å². The Morgan fingerprint density at radius 3 is 1.17 bits per heavy atom. The lowest BCUT2D eigenvalue weighted by Gasteiger charge is -2.33. The molecule has 4 heteroatoms. The van der Waals surface area contributed by atoms with Crippen LogP contribution in [0.1, 0.15) is 0 Å². The normalized spacial score (nSPS) is 13.0. The van der Waals surface area contributed by atoms with Crippen LogP contribution in [0.15, 0.2) is 158 Å². The highest BCUT2D eigenvalue weighted by molar-refractivity contribution is 6.99. The lowest BCUT2D eigenvalue weighted by Crippen LogP contribution is -2.57. The van der Waals surface area contributed by atoms with Gasteiger partial charge in [-0.15, -0.1) is 0 Å². The van der Waals surface area contributed by atoms with E-state index in [4.69, 9.17) is 9.47 Å². The van der Waals surface area contributed by atoms with Gasteiger partial charge in [-0.3, -0.25) is 0 Å². The van der Waals surface area contributed by atoms with Crippen LogP contribution < -0.4 is 42.3 Å². The molecule has 10 rings (SSSR count). The first-order valence-electron chi connectivity index (χ1n) is 15.9. The summed E-state index contributed by atoms with van der Waals surface area (Å²) in [5, 5.41) is 0. The standard InChI is InChI=1S/C42H26B2O2/c1-2-15-30-29(14-1)31-16-4-7-19-34(31)43(35-20-8-5-17-32(30)35)33-18-6-3-13-28(33)27-25-40-42-41(26-27)46-39-24-12-10-22-37(39)44(42)36-21-9-11-23-38(36)45-40/h1-26H. The summed E-state index contributed by atoms with van der Waals surface area (Å²) in [7, 11) is 0. The van der Waals surface area contributed by atoms with Crippen LogP contribution in [0.2, 0.25) is 0 Å². The van der Waals surface area contributed by atoms with E-state index < -0.39 is 0 Å². The largest absolute Gasteiger partial charge is 0.458 e. The van der Waals surface area contributed by atoms with E-state index in [2.05, 4.69) is 146 Å². The summed E-state index contributed by atoms with van der Waals surface area (Å²) in [6.45, 7) is 0.0859. The molecule has 0 spiro atoms. The van der Waals surface area contributed by atoms with Gasteiger partial charge in [0.15, 0.2) is 0 Å². The Labute approximate surface area is 269 Å². The van der Waals surface area contributed by atoms with E-state index in [0.29, 0.717) is 0 Å². The van der Waals surface area contributed by atoms with Gasteiger partial charge in [0, 0.05) is 5.46 Å². The average molecular weight is 584 g/mol. The number of rotatable bonds is 2.